The zero-order valence-electron chi connectivity index (χ0n) is 31.1. The first-order valence-electron chi connectivity index (χ1n) is 20.4. The first-order valence-corrected chi connectivity index (χ1v) is 20.4. The van der Waals surface area contributed by atoms with Crippen molar-refractivity contribution in [2.24, 2.45) is 0 Å². The fourth-order valence-corrected chi connectivity index (χ4v) is 5.95. The normalized spacial score (nSPS) is 12.5. The minimum absolute atomic E-state index is 0.174. The summed E-state index contributed by atoms with van der Waals surface area (Å²) in [4.78, 5) is 12.1. The second kappa shape index (κ2) is 40.0. The van der Waals surface area contributed by atoms with Gasteiger partial charge >= 0.3 is 5.97 Å². The number of aliphatic hydroxyl groups is 1. The number of aliphatic hydroxyl groups excluding tert-OH is 1. The molecule has 0 aromatic carbocycles. The van der Waals surface area contributed by atoms with E-state index in [2.05, 4.69) is 38.2 Å². The van der Waals surface area contributed by atoms with Crippen molar-refractivity contribution in [3.8, 4) is 0 Å². The van der Waals surface area contributed by atoms with Crippen molar-refractivity contribution in [1.29, 1.82) is 0 Å². The van der Waals surface area contributed by atoms with Gasteiger partial charge in [-0.25, -0.2) is 0 Å². The van der Waals surface area contributed by atoms with Crippen LogP contribution >= 0.6 is 0 Å². The molecular weight excluding hydrogens is 568 g/mol. The van der Waals surface area contributed by atoms with E-state index in [-0.39, 0.29) is 12.6 Å². The van der Waals surface area contributed by atoms with Gasteiger partial charge in [0.25, 0.3) is 0 Å². The van der Waals surface area contributed by atoms with Gasteiger partial charge in [0.05, 0.1) is 13.2 Å². The molecule has 0 radical (unpaired) electrons. The maximum atomic E-state index is 12.1. The fourth-order valence-electron chi connectivity index (χ4n) is 5.95. The highest BCUT2D eigenvalue weighted by Crippen LogP contribution is 2.15. The maximum absolute atomic E-state index is 12.1. The summed E-state index contributed by atoms with van der Waals surface area (Å²) in [6, 6.07) is 0. The van der Waals surface area contributed by atoms with Gasteiger partial charge in [-0.3, -0.25) is 4.79 Å². The quantitative estimate of drug-likeness (QED) is 0.0411. The summed E-state index contributed by atoms with van der Waals surface area (Å²) in [6.45, 7) is 5.30. The number of esters is 1. The number of allylic oxidation sites excluding steroid dienone is 4. The molecule has 1 atom stereocenters. The van der Waals surface area contributed by atoms with Crippen molar-refractivity contribution in [3.63, 3.8) is 0 Å². The second-order valence-electron chi connectivity index (χ2n) is 13.7. The molecule has 0 aliphatic carbocycles. The maximum Gasteiger partial charge on any atom is 0.306 e. The molecule has 46 heavy (non-hydrogen) atoms. The van der Waals surface area contributed by atoms with Crippen LogP contribution in [0.3, 0.4) is 0 Å². The monoisotopic (exact) mass is 649 g/mol. The molecule has 0 fully saturated rings. The second-order valence-corrected chi connectivity index (χ2v) is 13.7. The highest BCUT2D eigenvalue weighted by molar-refractivity contribution is 5.69. The minimum Gasteiger partial charge on any atom is -0.457 e. The molecule has 1 unspecified atom stereocenters. The van der Waals surface area contributed by atoms with Crippen molar-refractivity contribution < 1.29 is 19.4 Å². The van der Waals surface area contributed by atoms with Gasteiger partial charge in [-0.15, -0.1) is 0 Å². The third kappa shape index (κ3) is 37.3. The zero-order valence-corrected chi connectivity index (χ0v) is 31.1. The summed E-state index contributed by atoms with van der Waals surface area (Å²) in [5.74, 6) is -0.212. The van der Waals surface area contributed by atoms with Crippen LogP contribution in [0.25, 0.3) is 0 Å². The van der Waals surface area contributed by atoms with E-state index in [0.717, 1.165) is 38.5 Å². The lowest BCUT2D eigenvalue weighted by Crippen LogP contribution is -2.27. The number of unbranched alkanes of at least 4 members (excludes halogenated alkanes) is 26. The van der Waals surface area contributed by atoms with Crippen LogP contribution < -0.4 is 0 Å². The van der Waals surface area contributed by atoms with E-state index in [1.807, 2.05) is 0 Å². The number of hydrogen-bond donors (Lipinski definition) is 1. The van der Waals surface area contributed by atoms with Crippen molar-refractivity contribution >= 4 is 5.97 Å². The lowest BCUT2D eigenvalue weighted by molar-refractivity contribution is -0.154. The molecule has 0 amide bonds. The van der Waals surface area contributed by atoms with Gasteiger partial charge in [-0.2, -0.15) is 0 Å². The van der Waals surface area contributed by atoms with Crippen LogP contribution in [0.4, 0.5) is 0 Å². The molecule has 0 aliphatic rings. The Bertz CT molecular complexity index is 644. The van der Waals surface area contributed by atoms with Crippen LogP contribution in [-0.2, 0) is 14.3 Å². The lowest BCUT2D eigenvalue weighted by atomic mass is 10.0. The Morgan fingerprint density at radius 1 is 0.522 bits per heavy atom. The Kier molecular flexibility index (Phi) is 39.1. The molecule has 0 heterocycles. The molecule has 4 heteroatoms. The van der Waals surface area contributed by atoms with E-state index >= 15 is 0 Å². The number of carbonyl (C=O) groups excluding carboxylic acids is 1. The van der Waals surface area contributed by atoms with Crippen LogP contribution in [0, 0.1) is 0 Å². The number of rotatable bonds is 38. The van der Waals surface area contributed by atoms with Crippen LogP contribution in [0.1, 0.15) is 213 Å². The SMILES string of the molecule is CCC/C=C\C/C=C\CCCCCCCC(=O)OC(CO)COCCCCCCCCCCCCCCCCCCCCCCC. The van der Waals surface area contributed by atoms with Gasteiger partial charge in [-0.1, -0.05) is 192 Å². The van der Waals surface area contributed by atoms with Crippen LogP contribution in [0.5, 0.6) is 0 Å². The van der Waals surface area contributed by atoms with E-state index in [4.69, 9.17) is 9.47 Å². The molecule has 0 rings (SSSR count). The summed E-state index contributed by atoms with van der Waals surface area (Å²) in [6.07, 6.45) is 48.1. The Balaban J connectivity index is 3.38. The highest BCUT2D eigenvalue weighted by Gasteiger charge is 2.13. The molecule has 0 bridgehead atoms. The predicted octanol–water partition coefficient (Wildman–Crippen LogP) is 13.2. The predicted molar refractivity (Wildman–Crippen MR) is 201 cm³/mol. The van der Waals surface area contributed by atoms with E-state index in [0.29, 0.717) is 19.6 Å². The highest BCUT2D eigenvalue weighted by atomic mass is 16.6. The molecule has 0 saturated heterocycles. The Morgan fingerprint density at radius 2 is 0.957 bits per heavy atom. The largest absolute Gasteiger partial charge is 0.457 e. The first kappa shape index (κ1) is 44.9. The molecule has 1 N–H and O–H groups in total. The summed E-state index contributed by atoms with van der Waals surface area (Å²) in [7, 11) is 0. The van der Waals surface area contributed by atoms with Crippen molar-refractivity contribution in [2.75, 3.05) is 19.8 Å². The van der Waals surface area contributed by atoms with Gasteiger partial charge in [0.2, 0.25) is 0 Å². The lowest BCUT2D eigenvalue weighted by Gasteiger charge is -2.15. The molecule has 0 spiro atoms. The van der Waals surface area contributed by atoms with E-state index in [1.54, 1.807) is 0 Å². The summed E-state index contributed by atoms with van der Waals surface area (Å²) < 4.78 is 11.1. The third-order valence-electron chi connectivity index (χ3n) is 9.01. The van der Waals surface area contributed by atoms with Gasteiger partial charge < -0.3 is 14.6 Å². The number of hydrogen-bond acceptors (Lipinski definition) is 4. The average Bonchev–Trinajstić information content (AvgIpc) is 3.06. The molecule has 0 saturated carbocycles. The fraction of sp³-hybridized carbons (Fsp3) is 0.881. The minimum atomic E-state index is -0.536. The standard InChI is InChI=1S/C42H80O4/c1-3-5-7-9-11-13-15-17-18-19-20-21-22-23-24-26-28-30-32-34-36-38-45-40-41(39-43)46-42(44)37-35-33-31-29-27-25-16-14-12-10-8-6-4-2/h8,10,14,16,41,43H,3-7,9,11-13,15,17-40H2,1-2H3/b10-8-,16-14-. The topological polar surface area (TPSA) is 55.8 Å². The van der Waals surface area contributed by atoms with E-state index in [1.165, 1.54) is 154 Å². The van der Waals surface area contributed by atoms with Crippen molar-refractivity contribution in [1.82, 2.24) is 0 Å². The van der Waals surface area contributed by atoms with Gasteiger partial charge in [0.1, 0.15) is 6.10 Å². The number of ether oxygens (including phenoxy) is 2. The zero-order chi connectivity index (χ0) is 33.4. The summed E-state index contributed by atoms with van der Waals surface area (Å²) in [5.41, 5.74) is 0. The molecular formula is C42H80O4. The van der Waals surface area contributed by atoms with Crippen LogP contribution in [0.15, 0.2) is 24.3 Å². The Hall–Kier alpha value is -1.13. The third-order valence-corrected chi connectivity index (χ3v) is 9.01. The van der Waals surface area contributed by atoms with Crippen molar-refractivity contribution in [2.45, 2.75) is 219 Å². The Morgan fingerprint density at radius 3 is 1.43 bits per heavy atom. The molecule has 0 aromatic rings. The smallest absolute Gasteiger partial charge is 0.306 e. The average molecular weight is 649 g/mol. The molecule has 272 valence electrons. The first-order chi connectivity index (χ1) is 22.7. The summed E-state index contributed by atoms with van der Waals surface area (Å²) in [5, 5.41) is 9.57. The van der Waals surface area contributed by atoms with Gasteiger partial charge in [0.15, 0.2) is 0 Å². The summed E-state index contributed by atoms with van der Waals surface area (Å²) >= 11 is 0. The molecule has 4 nitrogen and oxygen atoms in total. The van der Waals surface area contributed by atoms with Gasteiger partial charge in [-0.05, 0) is 38.5 Å². The molecule has 0 aromatic heterocycles. The Labute approximate surface area is 288 Å². The molecule has 0 aliphatic heterocycles. The van der Waals surface area contributed by atoms with Crippen LogP contribution in [-0.4, -0.2) is 37.0 Å². The van der Waals surface area contributed by atoms with Gasteiger partial charge in [0, 0.05) is 13.0 Å². The van der Waals surface area contributed by atoms with Crippen LogP contribution in [0.2, 0.25) is 0 Å². The van der Waals surface area contributed by atoms with E-state index < -0.39 is 6.10 Å². The number of carbonyl (C=O) groups is 1. The van der Waals surface area contributed by atoms with E-state index in [9.17, 15) is 9.90 Å². The van der Waals surface area contributed by atoms with Crippen molar-refractivity contribution in [3.05, 3.63) is 24.3 Å².